The highest BCUT2D eigenvalue weighted by Crippen LogP contribution is 2.23. The molecule has 0 aromatic heterocycles. The van der Waals surface area contributed by atoms with Crippen molar-refractivity contribution in [1.29, 1.82) is 0 Å². The molecule has 0 radical (unpaired) electrons. The first-order valence-electron chi connectivity index (χ1n) is 4.93. The van der Waals surface area contributed by atoms with Gasteiger partial charge in [-0.15, -0.1) is 11.6 Å². The molecule has 2 aliphatic rings. The molecular formula is C9H17ClN2. The fourth-order valence-electron chi connectivity index (χ4n) is 2.30. The molecular weight excluding hydrogens is 172 g/mol. The van der Waals surface area contributed by atoms with Crippen LogP contribution < -0.4 is 10.6 Å². The van der Waals surface area contributed by atoms with E-state index >= 15 is 0 Å². The summed E-state index contributed by atoms with van der Waals surface area (Å²) in [7, 11) is 0. The van der Waals surface area contributed by atoms with Gasteiger partial charge in [-0.2, -0.15) is 0 Å². The van der Waals surface area contributed by atoms with Gasteiger partial charge in [0.2, 0.25) is 0 Å². The van der Waals surface area contributed by atoms with Crippen molar-refractivity contribution in [1.82, 2.24) is 10.6 Å². The van der Waals surface area contributed by atoms with Gasteiger partial charge in [0.05, 0.1) is 5.50 Å². The van der Waals surface area contributed by atoms with Gasteiger partial charge in [0.15, 0.2) is 0 Å². The van der Waals surface area contributed by atoms with Gasteiger partial charge in [0.1, 0.15) is 0 Å². The molecule has 0 amide bonds. The van der Waals surface area contributed by atoms with Gasteiger partial charge in [-0.25, -0.2) is 0 Å². The zero-order chi connectivity index (χ0) is 8.55. The Kier molecular flexibility index (Phi) is 2.58. The third-order valence-corrected chi connectivity index (χ3v) is 3.56. The van der Waals surface area contributed by atoms with Crippen molar-refractivity contribution >= 4 is 11.6 Å². The Hall–Kier alpha value is 0.210. The molecule has 12 heavy (non-hydrogen) atoms. The topological polar surface area (TPSA) is 24.1 Å². The molecule has 1 heterocycles. The van der Waals surface area contributed by atoms with Crippen molar-refractivity contribution in [2.24, 2.45) is 0 Å². The number of halogens is 1. The Balaban J connectivity index is 1.98. The molecule has 4 unspecified atom stereocenters. The van der Waals surface area contributed by atoms with E-state index in [0.29, 0.717) is 18.1 Å². The maximum atomic E-state index is 6.11. The second-order valence-electron chi connectivity index (χ2n) is 4.02. The second kappa shape index (κ2) is 3.52. The summed E-state index contributed by atoms with van der Waals surface area (Å²) in [6.07, 6.45) is 5.32. The zero-order valence-electron chi connectivity index (χ0n) is 7.52. The van der Waals surface area contributed by atoms with E-state index in [0.717, 1.165) is 0 Å². The third-order valence-electron chi connectivity index (χ3n) is 3.06. The second-order valence-corrected chi connectivity index (χ2v) is 4.49. The SMILES string of the molecule is CC1NC2CCCCC2NC1Cl. The maximum absolute atomic E-state index is 6.11. The van der Waals surface area contributed by atoms with E-state index in [-0.39, 0.29) is 5.50 Å². The van der Waals surface area contributed by atoms with E-state index in [2.05, 4.69) is 17.6 Å². The Morgan fingerprint density at radius 3 is 2.33 bits per heavy atom. The van der Waals surface area contributed by atoms with E-state index < -0.39 is 0 Å². The zero-order valence-corrected chi connectivity index (χ0v) is 8.27. The Labute approximate surface area is 79.1 Å². The summed E-state index contributed by atoms with van der Waals surface area (Å²) in [6.45, 7) is 2.15. The van der Waals surface area contributed by atoms with E-state index in [1.165, 1.54) is 25.7 Å². The Morgan fingerprint density at radius 2 is 1.67 bits per heavy atom. The Bertz CT molecular complexity index is 145. The van der Waals surface area contributed by atoms with Crippen LogP contribution in [0, 0.1) is 0 Å². The number of nitrogens with one attached hydrogen (secondary N) is 2. The monoisotopic (exact) mass is 188 g/mol. The molecule has 2 N–H and O–H groups in total. The first kappa shape index (κ1) is 8.79. The number of hydrogen-bond donors (Lipinski definition) is 2. The maximum Gasteiger partial charge on any atom is 0.0980 e. The summed E-state index contributed by atoms with van der Waals surface area (Å²) < 4.78 is 0. The van der Waals surface area contributed by atoms with Crippen LogP contribution in [0.15, 0.2) is 0 Å². The van der Waals surface area contributed by atoms with Crippen molar-refractivity contribution in [2.45, 2.75) is 56.2 Å². The van der Waals surface area contributed by atoms with Crippen LogP contribution in [-0.2, 0) is 0 Å². The van der Waals surface area contributed by atoms with E-state index in [4.69, 9.17) is 11.6 Å². The highest BCUT2D eigenvalue weighted by Gasteiger charge is 2.33. The summed E-state index contributed by atoms with van der Waals surface area (Å²) in [4.78, 5) is 0. The van der Waals surface area contributed by atoms with Crippen molar-refractivity contribution in [3.8, 4) is 0 Å². The van der Waals surface area contributed by atoms with Crippen molar-refractivity contribution in [3.63, 3.8) is 0 Å². The minimum absolute atomic E-state index is 0.115. The fourth-order valence-corrected chi connectivity index (χ4v) is 2.54. The lowest BCUT2D eigenvalue weighted by atomic mass is 9.88. The average Bonchev–Trinajstić information content (AvgIpc) is 2.07. The van der Waals surface area contributed by atoms with Crippen LogP contribution in [0.4, 0.5) is 0 Å². The van der Waals surface area contributed by atoms with E-state index in [1.807, 2.05) is 0 Å². The predicted molar refractivity (Wildman–Crippen MR) is 51.4 cm³/mol. The van der Waals surface area contributed by atoms with Crippen LogP contribution in [0.5, 0.6) is 0 Å². The normalized spacial score (nSPS) is 48.5. The first-order chi connectivity index (χ1) is 5.77. The number of rotatable bonds is 0. The fraction of sp³-hybridized carbons (Fsp3) is 1.00. The summed E-state index contributed by atoms with van der Waals surface area (Å²) in [6, 6.07) is 1.70. The molecule has 4 atom stereocenters. The van der Waals surface area contributed by atoms with Gasteiger partial charge in [-0.05, 0) is 19.8 Å². The molecule has 3 heteroatoms. The molecule has 2 nitrogen and oxygen atoms in total. The molecule has 0 aromatic carbocycles. The van der Waals surface area contributed by atoms with Gasteiger partial charge in [0.25, 0.3) is 0 Å². The van der Waals surface area contributed by atoms with Crippen LogP contribution >= 0.6 is 11.6 Å². The minimum Gasteiger partial charge on any atom is -0.307 e. The lowest BCUT2D eigenvalue weighted by Crippen LogP contribution is -2.64. The molecule has 1 saturated heterocycles. The number of fused-ring (bicyclic) bond motifs is 1. The molecule has 2 rings (SSSR count). The van der Waals surface area contributed by atoms with Gasteiger partial charge >= 0.3 is 0 Å². The quantitative estimate of drug-likeness (QED) is 0.444. The van der Waals surface area contributed by atoms with E-state index in [1.54, 1.807) is 0 Å². The number of piperazine rings is 1. The summed E-state index contributed by atoms with van der Waals surface area (Å²) in [5.41, 5.74) is 0.115. The first-order valence-corrected chi connectivity index (χ1v) is 5.37. The average molecular weight is 189 g/mol. The molecule has 70 valence electrons. The number of alkyl halides is 1. The standard InChI is InChI=1S/C9H17ClN2/c1-6-9(10)12-8-5-3-2-4-7(8)11-6/h6-9,11-12H,2-5H2,1H3. The predicted octanol–water partition coefficient (Wildman–Crippen LogP) is 1.44. The number of hydrogen-bond acceptors (Lipinski definition) is 2. The van der Waals surface area contributed by atoms with Crippen molar-refractivity contribution in [2.75, 3.05) is 0 Å². The van der Waals surface area contributed by atoms with Gasteiger partial charge in [-0.1, -0.05) is 12.8 Å². The largest absolute Gasteiger partial charge is 0.307 e. The highest BCUT2D eigenvalue weighted by molar-refractivity contribution is 6.20. The van der Waals surface area contributed by atoms with E-state index in [9.17, 15) is 0 Å². The molecule has 0 aromatic rings. The summed E-state index contributed by atoms with van der Waals surface area (Å²) in [5.74, 6) is 0. The van der Waals surface area contributed by atoms with Crippen LogP contribution in [0.3, 0.4) is 0 Å². The molecule has 2 fully saturated rings. The van der Waals surface area contributed by atoms with Crippen LogP contribution in [0.1, 0.15) is 32.6 Å². The smallest absolute Gasteiger partial charge is 0.0980 e. The Morgan fingerprint density at radius 1 is 1.08 bits per heavy atom. The van der Waals surface area contributed by atoms with Gasteiger partial charge in [-0.3, -0.25) is 5.32 Å². The van der Waals surface area contributed by atoms with Crippen molar-refractivity contribution < 1.29 is 0 Å². The van der Waals surface area contributed by atoms with Crippen LogP contribution in [0.2, 0.25) is 0 Å². The summed E-state index contributed by atoms with van der Waals surface area (Å²) >= 11 is 6.11. The molecule has 1 saturated carbocycles. The van der Waals surface area contributed by atoms with Crippen LogP contribution in [0.25, 0.3) is 0 Å². The molecule has 0 bridgehead atoms. The molecule has 1 aliphatic carbocycles. The lowest BCUT2D eigenvalue weighted by molar-refractivity contribution is 0.205. The summed E-state index contributed by atoms with van der Waals surface area (Å²) in [5, 5.41) is 7.04. The lowest BCUT2D eigenvalue weighted by Gasteiger charge is -2.42. The van der Waals surface area contributed by atoms with Gasteiger partial charge < -0.3 is 5.32 Å². The molecule has 0 spiro atoms. The minimum atomic E-state index is 0.115. The third kappa shape index (κ3) is 1.61. The van der Waals surface area contributed by atoms with Gasteiger partial charge in [0, 0.05) is 18.1 Å². The molecule has 1 aliphatic heterocycles. The van der Waals surface area contributed by atoms with Crippen molar-refractivity contribution in [3.05, 3.63) is 0 Å². The highest BCUT2D eigenvalue weighted by atomic mass is 35.5. The van der Waals surface area contributed by atoms with Crippen LogP contribution in [-0.4, -0.2) is 23.6 Å².